The summed E-state index contributed by atoms with van der Waals surface area (Å²) >= 11 is 0. The van der Waals surface area contributed by atoms with E-state index in [0.29, 0.717) is 24.4 Å². The first kappa shape index (κ1) is 23.7. The minimum atomic E-state index is -3.51. The van der Waals surface area contributed by atoms with Crippen LogP contribution in [0.25, 0.3) is 0 Å². The molecule has 0 radical (unpaired) electrons. The highest BCUT2D eigenvalue weighted by Crippen LogP contribution is 2.21. The van der Waals surface area contributed by atoms with Gasteiger partial charge in [-0.2, -0.15) is 4.31 Å². The maximum atomic E-state index is 12.7. The van der Waals surface area contributed by atoms with E-state index in [1.54, 1.807) is 25.3 Å². The molecule has 0 spiro atoms. The Labute approximate surface area is 188 Å². The molecule has 8 nitrogen and oxygen atoms in total. The maximum Gasteiger partial charge on any atom is 0.310 e. The number of nitrogens with zero attached hydrogens (tertiary/aromatic N) is 1. The van der Waals surface area contributed by atoms with Crippen LogP contribution in [0.2, 0.25) is 0 Å². The van der Waals surface area contributed by atoms with Crippen LogP contribution in [-0.2, 0) is 37.3 Å². The van der Waals surface area contributed by atoms with Gasteiger partial charge in [-0.1, -0.05) is 36.8 Å². The van der Waals surface area contributed by atoms with Gasteiger partial charge >= 0.3 is 5.97 Å². The second-order valence-electron chi connectivity index (χ2n) is 7.53. The average molecular weight is 461 g/mol. The van der Waals surface area contributed by atoms with Crippen LogP contribution in [0.4, 0.5) is 0 Å². The molecular formula is C23H28N2O6S. The van der Waals surface area contributed by atoms with Crippen molar-refractivity contribution in [3.05, 3.63) is 59.7 Å². The van der Waals surface area contributed by atoms with Crippen LogP contribution in [0, 0.1) is 0 Å². The third-order valence-electron chi connectivity index (χ3n) is 5.26. The van der Waals surface area contributed by atoms with Crippen molar-refractivity contribution in [2.75, 3.05) is 26.8 Å². The van der Waals surface area contributed by atoms with E-state index in [2.05, 4.69) is 5.32 Å². The van der Waals surface area contributed by atoms with Crippen molar-refractivity contribution in [2.24, 2.45) is 0 Å². The number of benzene rings is 2. The zero-order valence-electron chi connectivity index (χ0n) is 18.1. The number of nitrogens with one attached hydrogen (secondary N) is 1. The minimum Gasteiger partial charge on any atom is -0.496 e. The SMILES string of the molecule is COc1ccccc1CNC(=O)COC(=O)Cc1ccc(S(=O)(=O)N2CCCCC2)cc1. The fraction of sp³-hybridized carbons (Fsp3) is 0.391. The molecular weight excluding hydrogens is 432 g/mol. The van der Waals surface area contributed by atoms with E-state index in [0.717, 1.165) is 24.8 Å². The van der Waals surface area contributed by atoms with Crippen molar-refractivity contribution in [3.63, 3.8) is 0 Å². The molecule has 1 fully saturated rings. The van der Waals surface area contributed by atoms with Crippen molar-refractivity contribution in [1.82, 2.24) is 9.62 Å². The van der Waals surface area contributed by atoms with Gasteiger partial charge in [-0.25, -0.2) is 8.42 Å². The molecule has 1 heterocycles. The van der Waals surface area contributed by atoms with E-state index >= 15 is 0 Å². The van der Waals surface area contributed by atoms with Gasteiger partial charge in [-0.05, 0) is 36.6 Å². The number of hydrogen-bond acceptors (Lipinski definition) is 6. The van der Waals surface area contributed by atoms with E-state index in [1.807, 2.05) is 18.2 Å². The Bertz CT molecular complexity index is 1030. The first-order valence-corrected chi connectivity index (χ1v) is 12.0. The Morgan fingerprint density at radius 3 is 2.38 bits per heavy atom. The summed E-state index contributed by atoms with van der Waals surface area (Å²) in [6, 6.07) is 13.5. The van der Waals surface area contributed by atoms with E-state index in [1.165, 1.54) is 16.4 Å². The van der Waals surface area contributed by atoms with Crippen LogP contribution in [0.15, 0.2) is 53.4 Å². The first-order chi connectivity index (χ1) is 15.4. The molecule has 2 aromatic carbocycles. The summed E-state index contributed by atoms with van der Waals surface area (Å²) in [6.07, 6.45) is 2.74. The van der Waals surface area contributed by atoms with E-state index in [4.69, 9.17) is 9.47 Å². The van der Waals surface area contributed by atoms with Gasteiger partial charge in [-0.15, -0.1) is 0 Å². The minimum absolute atomic E-state index is 0.0518. The molecule has 0 atom stereocenters. The lowest BCUT2D eigenvalue weighted by Gasteiger charge is -2.25. The van der Waals surface area contributed by atoms with E-state index < -0.39 is 28.5 Å². The van der Waals surface area contributed by atoms with Gasteiger partial charge in [0, 0.05) is 25.2 Å². The molecule has 172 valence electrons. The molecule has 1 aliphatic rings. The number of hydrogen-bond donors (Lipinski definition) is 1. The lowest BCUT2D eigenvalue weighted by atomic mass is 10.1. The highest BCUT2D eigenvalue weighted by atomic mass is 32.2. The Morgan fingerprint density at radius 1 is 1.00 bits per heavy atom. The lowest BCUT2D eigenvalue weighted by Crippen LogP contribution is -2.35. The highest BCUT2D eigenvalue weighted by molar-refractivity contribution is 7.89. The van der Waals surface area contributed by atoms with Crippen molar-refractivity contribution in [1.29, 1.82) is 0 Å². The third-order valence-corrected chi connectivity index (χ3v) is 7.17. The number of carbonyl (C=O) groups is 2. The lowest BCUT2D eigenvalue weighted by molar-refractivity contribution is -0.147. The number of methoxy groups -OCH3 is 1. The largest absolute Gasteiger partial charge is 0.496 e. The Hall–Kier alpha value is -2.91. The van der Waals surface area contributed by atoms with Gasteiger partial charge in [0.25, 0.3) is 5.91 Å². The topological polar surface area (TPSA) is 102 Å². The Morgan fingerprint density at radius 2 is 1.69 bits per heavy atom. The fourth-order valence-electron chi connectivity index (χ4n) is 3.49. The normalized spacial score (nSPS) is 14.5. The van der Waals surface area contributed by atoms with E-state index in [-0.39, 0.29) is 17.9 Å². The molecule has 1 aliphatic heterocycles. The molecule has 0 aliphatic carbocycles. The standard InChI is InChI=1S/C23H28N2O6S/c1-30-21-8-4-3-7-19(21)16-24-22(26)17-31-23(27)15-18-9-11-20(12-10-18)32(28,29)25-13-5-2-6-14-25/h3-4,7-12H,2,5-6,13-17H2,1H3,(H,24,26). The maximum absolute atomic E-state index is 12.7. The zero-order chi connectivity index (χ0) is 23.0. The van der Waals surface area contributed by atoms with Crippen LogP contribution in [0.1, 0.15) is 30.4 Å². The van der Waals surface area contributed by atoms with Crippen LogP contribution in [0.3, 0.4) is 0 Å². The van der Waals surface area contributed by atoms with Crippen molar-refractivity contribution >= 4 is 21.9 Å². The predicted molar refractivity (Wildman–Crippen MR) is 119 cm³/mol. The summed E-state index contributed by atoms with van der Waals surface area (Å²) in [5.41, 5.74) is 1.43. The monoisotopic (exact) mass is 460 g/mol. The summed E-state index contributed by atoms with van der Waals surface area (Å²) < 4.78 is 37.1. The molecule has 1 saturated heterocycles. The summed E-state index contributed by atoms with van der Waals surface area (Å²) in [5.74, 6) is -0.327. The number of ether oxygens (including phenoxy) is 2. The molecule has 0 saturated carbocycles. The Kier molecular flexibility index (Phi) is 8.24. The van der Waals surface area contributed by atoms with Crippen molar-refractivity contribution < 1.29 is 27.5 Å². The van der Waals surface area contributed by atoms with Gasteiger partial charge in [0.1, 0.15) is 5.75 Å². The molecule has 0 bridgehead atoms. The van der Waals surface area contributed by atoms with Gasteiger partial charge in [0.05, 0.1) is 18.4 Å². The molecule has 0 aromatic heterocycles. The number of carbonyl (C=O) groups excluding carboxylic acids is 2. The van der Waals surface area contributed by atoms with Gasteiger partial charge < -0.3 is 14.8 Å². The Balaban J connectivity index is 1.46. The van der Waals surface area contributed by atoms with Gasteiger partial charge in [-0.3, -0.25) is 9.59 Å². The molecule has 32 heavy (non-hydrogen) atoms. The number of para-hydroxylation sites is 1. The van der Waals surface area contributed by atoms with Gasteiger partial charge in [0.15, 0.2) is 6.61 Å². The summed E-state index contributed by atoms with van der Waals surface area (Å²) in [7, 11) is -1.95. The molecule has 2 aromatic rings. The fourth-order valence-corrected chi connectivity index (χ4v) is 5.01. The second-order valence-corrected chi connectivity index (χ2v) is 9.47. The van der Waals surface area contributed by atoms with Crippen LogP contribution < -0.4 is 10.1 Å². The quantitative estimate of drug-likeness (QED) is 0.576. The number of amides is 1. The average Bonchev–Trinajstić information content (AvgIpc) is 2.82. The number of sulfonamides is 1. The van der Waals surface area contributed by atoms with E-state index in [9.17, 15) is 18.0 Å². The predicted octanol–water partition coefficient (Wildman–Crippen LogP) is 2.27. The number of piperidine rings is 1. The smallest absolute Gasteiger partial charge is 0.310 e. The van der Waals surface area contributed by atoms with Crippen LogP contribution in [-0.4, -0.2) is 51.4 Å². The zero-order valence-corrected chi connectivity index (χ0v) is 18.9. The van der Waals surface area contributed by atoms with Gasteiger partial charge in [0.2, 0.25) is 10.0 Å². The highest BCUT2D eigenvalue weighted by Gasteiger charge is 2.25. The molecule has 1 N–H and O–H groups in total. The molecule has 1 amide bonds. The molecule has 3 rings (SSSR count). The molecule has 9 heteroatoms. The summed E-state index contributed by atoms with van der Waals surface area (Å²) in [5, 5.41) is 2.68. The molecule has 0 unspecified atom stereocenters. The second kappa shape index (κ2) is 11.1. The summed E-state index contributed by atoms with van der Waals surface area (Å²) in [4.78, 5) is 24.3. The van der Waals surface area contributed by atoms with Crippen LogP contribution in [0.5, 0.6) is 5.75 Å². The number of rotatable bonds is 9. The summed E-state index contributed by atoms with van der Waals surface area (Å²) in [6.45, 7) is 0.938. The first-order valence-electron chi connectivity index (χ1n) is 10.5. The number of esters is 1. The van der Waals surface area contributed by atoms with Crippen molar-refractivity contribution in [3.8, 4) is 5.75 Å². The third kappa shape index (κ3) is 6.30. The van der Waals surface area contributed by atoms with Crippen molar-refractivity contribution in [2.45, 2.75) is 37.1 Å². The van der Waals surface area contributed by atoms with Crippen LogP contribution >= 0.6 is 0 Å².